The molecule has 20 heavy (non-hydrogen) atoms. The Hall–Kier alpha value is -2.00. The van der Waals surface area contributed by atoms with Crippen LogP contribution in [0.15, 0.2) is 23.1 Å². The lowest BCUT2D eigenvalue weighted by atomic mass is 10.2. The van der Waals surface area contributed by atoms with Gasteiger partial charge in [0, 0.05) is 0 Å². The Morgan fingerprint density at radius 1 is 1.35 bits per heavy atom. The van der Waals surface area contributed by atoms with Crippen LogP contribution in [-0.2, 0) is 19.6 Å². The van der Waals surface area contributed by atoms with Crippen LogP contribution in [0, 0.1) is 12.7 Å². The summed E-state index contributed by atoms with van der Waals surface area (Å²) in [5, 5.41) is 17.3. The van der Waals surface area contributed by atoms with Crippen LogP contribution >= 0.6 is 0 Å². The van der Waals surface area contributed by atoms with Crippen LogP contribution in [0.4, 0.5) is 4.39 Å². The van der Waals surface area contributed by atoms with Crippen LogP contribution in [0.3, 0.4) is 0 Å². The van der Waals surface area contributed by atoms with Gasteiger partial charge in [-0.05, 0) is 24.6 Å². The summed E-state index contributed by atoms with van der Waals surface area (Å²) >= 11 is 0. The standard InChI is InChI=1S/C11H12FNO6S/c1-6-2-3-7(12)4-9(6)20(18,19)13-8(11(16)17)5-10(14)15/h2-4,8,13H,5H2,1H3,(H,14,15)(H,16,17)/t8-/m1/s1. The molecule has 0 bridgehead atoms. The molecule has 0 aliphatic heterocycles. The predicted molar refractivity (Wildman–Crippen MR) is 65.1 cm³/mol. The maximum absolute atomic E-state index is 13.1. The summed E-state index contributed by atoms with van der Waals surface area (Å²) in [6.45, 7) is 1.40. The van der Waals surface area contributed by atoms with Gasteiger partial charge in [0.05, 0.1) is 11.3 Å². The first-order valence-corrected chi connectivity index (χ1v) is 6.85. The lowest BCUT2D eigenvalue weighted by molar-refractivity contribution is -0.145. The Morgan fingerprint density at radius 2 is 1.95 bits per heavy atom. The highest BCUT2D eigenvalue weighted by molar-refractivity contribution is 7.89. The third-order valence-electron chi connectivity index (χ3n) is 2.41. The number of hydrogen-bond donors (Lipinski definition) is 3. The van der Waals surface area contributed by atoms with Crippen LogP contribution in [0.1, 0.15) is 12.0 Å². The molecule has 7 nitrogen and oxygen atoms in total. The van der Waals surface area contributed by atoms with Crippen LogP contribution < -0.4 is 4.72 Å². The van der Waals surface area contributed by atoms with Crippen LogP contribution in [-0.4, -0.2) is 36.6 Å². The molecule has 0 aliphatic rings. The van der Waals surface area contributed by atoms with Crippen molar-refractivity contribution in [3.8, 4) is 0 Å². The number of aliphatic carboxylic acids is 2. The molecule has 0 aromatic heterocycles. The van der Waals surface area contributed by atoms with Crippen molar-refractivity contribution >= 4 is 22.0 Å². The minimum Gasteiger partial charge on any atom is -0.481 e. The maximum Gasteiger partial charge on any atom is 0.322 e. The Kier molecular flexibility index (Phi) is 4.79. The first-order chi connectivity index (χ1) is 9.13. The topological polar surface area (TPSA) is 121 Å². The van der Waals surface area contributed by atoms with Gasteiger partial charge in [0.1, 0.15) is 11.9 Å². The molecule has 9 heteroatoms. The van der Waals surface area contributed by atoms with Gasteiger partial charge in [0.25, 0.3) is 0 Å². The highest BCUT2D eigenvalue weighted by Gasteiger charge is 2.28. The van der Waals surface area contributed by atoms with E-state index in [-0.39, 0.29) is 5.56 Å². The van der Waals surface area contributed by atoms with Crippen molar-refractivity contribution in [3.05, 3.63) is 29.6 Å². The number of carboxylic acids is 2. The quantitative estimate of drug-likeness (QED) is 0.697. The molecule has 1 rings (SSSR count). The number of carboxylic acid groups (broad SMARTS) is 2. The highest BCUT2D eigenvalue weighted by Crippen LogP contribution is 2.17. The SMILES string of the molecule is Cc1ccc(F)cc1S(=O)(=O)N[C@H](CC(=O)O)C(=O)O. The number of nitrogens with one attached hydrogen (secondary N) is 1. The summed E-state index contributed by atoms with van der Waals surface area (Å²) < 4.78 is 38.7. The molecule has 0 saturated heterocycles. The molecule has 1 atom stereocenters. The van der Waals surface area contributed by atoms with Crippen LogP contribution in [0.5, 0.6) is 0 Å². The third-order valence-corrected chi connectivity index (χ3v) is 4.03. The minimum atomic E-state index is -4.34. The zero-order chi connectivity index (χ0) is 15.5. The van der Waals surface area contributed by atoms with Crippen molar-refractivity contribution in [1.82, 2.24) is 4.72 Å². The molecule has 0 fully saturated rings. The van der Waals surface area contributed by atoms with E-state index in [0.717, 1.165) is 12.1 Å². The average Bonchev–Trinajstić information content (AvgIpc) is 2.30. The Balaban J connectivity index is 3.12. The van der Waals surface area contributed by atoms with E-state index in [0.29, 0.717) is 0 Å². The molecular formula is C11H12FNO6S. The second-order valence-corrected chi connectivity index (χ2v) is 5.70. The van der Waals surface area contributed by atoms with Gasteiger partial charge in [-0.15, -0.1) is 0 Å². The minimum absolute atomic E-state index is 0.207. The van der Waals surface area contributed by atoms with Gasteiger partial charge in [0.2, 0.25) is 10.0 Å². The first kappa shape index (κ1) is 16.1. The van der Waals surface area contributed by atoms with E-state index >= 15 is 0 Å². The molecule has 0 heterocycles. The van der Waals surface area contributed by atoms with Gasteiger partial charge >= 0.3 is 11.9 Å². The van der Waals surface area contributed by atoms with Crippen LogP contribution in [0.25, 0.3) is 0 Å². The molecule has 1 aromatic carbocycles. The average molecular weight is 305 g/mol. The lowest BCUT2D eigenvalue weighted by Crippen LogP contribution is -2.42. The molecule has 0 unspecified atom stereocenters. The summed E-state index contributed by atoms with van der Waals surface area (Å²) in [7, 11) is -4.34. The Morgan fingerprint density at radius 3 is 2.45 bits per heavy atom. The predicted octanol–water partition coefficient (Wildman–Crippen LogP) is 0.340. The maximum atomic E-state index is 13.1. The summed E-state index contributed by atoms with van der Waals surface area (Å²) in [5.74, 6) is -3.91. The molecule has 0 amide bonds. The molecule has 0 aliphatic carbocycles. The fourth-order valence-electron chi connectivity index (χ4n) is 1.47. The van der Waals surface area contributed by atoms with E-state index in [4.69, 9.17) is 10.2 Å². The van der Waals surface area contributed by atoms with Gasteiger partial charge in [-0.2, -0.15) is 4.72 Å². The van der Waals surface area contributed by atoms with Crippen molar-refractivity contribution in [3.63, 3.8) is 0 Å². The third kappa shape index (κ3) is 4.00. The van der Waals surface area contributed by atoms with Gasteiger partial charge in [-0.25, -0.2) is 12.8 Å². The van der Waals surface area contributed by atoms with E-state index in [1.165, 1.54) is 13.0 Å². The summed E-state index contributed by atoms with van der Waals surface area (Å²) in [6.07, 6.45) is -0.928. The zero-order valence-electron chi connectivity index (χ0n) is 10.3. The number of aryl methyl sites for hydroxylation is 1. The van der Waals surface area contributed by atoms with Crippen molar-refractivity contribution < 1.29 is 32.6 Å². The van der Waals surface area contributed by atoms with E-state index in [9.17, 15) is 22.4 Å². The van der Waals surface area contributed by atoms with Crippen molar-refractivity contribution in [2.75, 3.05) is 0 Å². The number of sulfonamides is 1. The number of halogens is 1. The Labute approximate surface area is 114 Å². The fraction of sp³-hybridized carbons (Fsp3) is 0.273. The number of carbonyl (C=O) groups is 2. The monoisotopic (exact) mass is 305 g/mol. The number of rotatable bonds is 6. The zero-order valence-corrected chi connectivity index (χ0v) is 11.1. The van der Waals surface area contributed by atoms with Crippen molar-refractivity contribution in [2.45, 2.75) is 24.3 Å². The Bertz CT molecular complexity index is 642. The smallest absolute Gasteiger partial charge is 0.322 e. The molecule has 110 valence electrons. The largest absolute Gasteiger partial charge is 0.481 e. The first-order valence-electron chi connectivity index (χ1n) is 5.36. The molecule has 0 radical (unpaired) electrons. The highest BCUT2D eigenvalue weighted by atomic mass is 32.2. The lowest BCUT2D eigenvalue weighted by Gasteiger charge is -2.14. The molecule has 1 aromatic rings. The summed E-state index contributed by atoms with van der Waals surface area (Å²) in [6, 6.07) is 1.18. The summed E-state index contributed by atoms with van der Waals surface area (Å²) in [5.41, 5.74) is 0.207. The fourth-order valence-corrected chi connectivity index (χ4v) is 2.91. The van der Waals surface area contributed by atoms with Gasteiger partial charge in [-0.3, -0.25) is 9.59 Å². The van der Waals surface area contributed by atoms with E-state index in [2.05, 4.69) is 0 Å². The van der Waals surface area contributed by atoms with E-state index in [1.807, 2.05) is 0 Å². The normalized spacial score (nSPS) is 12.9. The number of hydrogen-bond acceptors (Lipinski definition) is 4. The van der Waals surface area contributed by atoms with Crippen molar-refractivity contribution in [1.29, 1.82) is 0 Å². The molecule has 0 spiro atoms. The molecular weight excluding hydrogens is 293 g/mol. The molecule has 3 N–H and O–H groups in total. The van der Waals surface area contributed by atoms with Gasteiger partial charge < -0.3 is 10.2 Å². The second kappa shape index (κ2) is 5.97. The van der Waals surface area contributed by atoms with E-state index < -0.39 is 45.1 Å². The van der Waals surface area contributed by atoms with Gasteiger partial charge in [-0.1, -0.05) is 6.07 Å². The van der Waals surface area contributed by atoms with Crippen LogP contribution in [0.2, 0.25) is 0 Å². The second-order valence-electron chi connectivity index (χ2n) is 4.02. The van der Waals surface area contributed by atoms with Gasteiger partial charge in [0.15, 0.2) is 0 Å². The molecule has 0 saturated carbocycles. The number of benzene rings is 1. The van der Waals surface area contributed by atoms with E-state index in [1.54, 1.807) is 4.72 Å². The van der Waals surface area contributed by atoms with Crippen molar-refractivity contribution in [2.24, 2.45) is 0 Å². The summed E-state index contributed by atoms with van der Waals surface area (Å²) in [4.78, 5) is 20.9.